The Kier molecular flexibility index (Phi) is 5.46. The molecule has 1 unspecified atom stereocenters. The minimum atomic E-state index is 0.0195. The molecule has 1 atom stereocenters. The molecule has 0 saturated carbocycles. The molecule has 0 bridgehead atoms. The monoisotopic (exact) mass is 337 g/mol. The van der Waals surface area contributed by atoms with Crippen LogP contribution < -0.4 is 4.74 Å². The van der Waals surface area contributed by atoms with Crippen LogP contribution in [0.2, 0.25) is 0 Å². The molecule has 0 spiro atoms. The van der Waals surface area contributed by atoms with E-state index in [4.69, 9.17) is 9.15 Å². The van der Waals surface area contributed by atoms with Gasteiger partial charge in [-0.05, 0) is 50.7 Å². The maximum Gasteiger partial charge on any atom is 0.247 e. The Labute approximate surface area is 148 Å². The molecule has 1 aromatic heterocycles. The first-order valence-corrected chi connectivity index (χ1v) is 8.42. The summed E-state index contributed by atoms with van der Waals surface area (Å²) in [4.78, 5) is 2.14. The van der Waals surface area contributed by atoms with Gasteiger partial charge in [-0.1, -0.05) is 30.3 Å². The lowest BCUT2D eigenvalue weighted by atomic mass is 10.2. The van der Waals surface area contributed by atoms with Crippen LogP contribution in [-0.4, -0.2) is 35.3 Å². The molecule has 0 fully saturated rings. The molecule has 0 N–H and O–H groups in total. The van der Waals surface area contributed by atoms with Gasteiger partial charge in [0.05, 0.1) is 6.04 Å². The second kappa shape index (κ2) is 7.94. The summed E-state index contributed by atoms with van der Waals surface area (Å²) in [5, 5.41) is 8.35. The normalized spacial score (nSPS) is 12.3. The van der Waals surface area contributed by atoms with Crippen molar-refractivity contribution in [2.45, 2.75) is 19.9 Å². The molecule has 5 nitrogen and oxygen atoms in total. The van der Waals surface area contributed by atoms with Crippen molar-refractivity contribution in [2.75, 3.05) is 20.2 Å². The second-order valence-electron chi connectivity index (χ2n) is 6.13. The average molecular weight is 337 g/mol. The first-order valence-electron chi connectivity index (χ1n) is 8.42. The van der Waals surface area contributed by atoms with Crippen LogP contribution in [0.1, 0.15) is 24.4 Å². The molecule has 3 rings (SSSR count). The molecule has 0 radical (unpaired) electrons. The lowest BCUT2D eigenvalue weighted by Crippen LogP contribution is -2.27. The van der Waals surface area contributed by atoms with Gasteiger partial charge in [0.1, 0.15) is 12.4 Å². The van der Waals surface area contributed by atoms with Crippen molar-refractivity contribution in [3.63, 3.8) is 0 Å². The lowest BCUT2D eigenvalue weighted by Gasteiger charge is -2.21. The predicted octanol–water partition coefficient (Wildman–Crippen LogP) is 4.12. The number of likely N-dealkylation sites (N-methyl/N-ethyl adjacent to an activating group) is 1. The Hall–Kier alpha value is -2.66. The minimum Gasteiger partial charge on any atom is -0.492 e. The van der Waals surface area contributed by atoms with Gasteiger partial charge in [-0.25, -0.2) is 0 Å². The third-order valence-electron chi connectivity index (χ3n) is 4.18. The summed E-state index contributed by atoms with van der Waals surface area (Å²) in [6, 6.07) is 17.9. The molecule has 0 amide bonds. The summed E-state index contributed by atoms with van der Waals surface area (Å²) in [7, 11) is 2.02. The Morgan fingerprint density at radius 1 is 1.08 bits per heavy atom. The first kappa shape index (κ1) is 17.2. The molecule has 0 saturated heterocycles. The summed E-state index contributed by atoms with van der Waals surface area (Å²) in [5.41, 5.74) is 2.12. The number of rotatable bonds is 7. The smallest absolute Gasteiger partial charge is 0.247 e. The van der Waals surface area contributed by atoms with E-state index in [1.165, 1.54) is 5.56 Å². The molecule has 130 valence electrons. The number of aromatic nitrogens is 2. The number of hydrogen-bond donors (Lipinski definition) is 0. The Balaban J connectivity index is 1.55. The van der Waals surface area contributed by atoms with Crippen molar-refractivity contribution in [3.05, 3.63) is 66.1 Å². The number of aryl methyl sites for hydroxylation is 1. The maximum atomic E-state index is 5.83. The predicted molar refractivity (Wildman–Crippen MR) is 97.5 cm³/mol. The van der Waals surface area contributed by atoms with E-state index in [-0.39, 0.29) is 6.04 Å². The molecular weight excluding hydrogens is 314 g/mol. The highest BCUT2D eigenvalue weighted by atomic mass is 16.5. The van der Waals surface area contributed by atoms with Gasteiger partial charge in [0.25, 0.3) is 0 Å². The van der Waals surface area contributed by atoms with Gasteiger partial charge in [-0.2, -0.15) is 0 Å². The van der Waals surface area contributed by atoms with Crippen molar-refractivity contribution in [3.8, 4) is 17.2 Å². The number of benzene rings is 2. The lowest BCUT2D eigenvalue weighted by molar-refractivity contribution is 0.182. The maximum absolute atomic E-state index is 5.83. The number of nitrogens with zero attached hydrogens (tertiary/aromatic N) is 3. The molecule has 0 aliphatic carbocycles. The molecule has 1 heterocycles. The van der Waals surface area contributed by atoms with Crippen molar-refractivity contribution in [1.82, 2.24) is 15.1 Å². The Bertz CT molecular complexity index is 801. The quantitative estimate of drug-likeness (QED) is 0.649. The molecule has 0 aliphatic rings. The van der Waals surface area contributed by atoms with Gasteiger partial charge in [-0.15, -0.1) is 10.2 Å². The van der Waals surface area contributed by atoms with E-state index in [1.807, 2.05) is 55.6 Å². The van der Waals surface area contributed by atoms with E-state index in [0.717, 1.165) is 17.9 Å². The highest BCUT2D eigenvalue weighted by Crippen LogP contribution is 2.23. The zero-order valence-corrected chi connectivity index (χ0v) is 14.8. The summed E-state index contributed by atoms with van der Waals surface area (Å²) in [6.07, 6.45) is 0. The zero-order chi connectivity index (χ0) is 17.6. The van der Waals surface area contributed by atoms with Gasteiger partial charge >= 0.3 is 0 Å². The Morgan fingerprint density at radius 3 is 2.64 bits per heavy atom. The number of hydrogen-bond acceptors (Lipinski definition) is 5. The Morgan fingerprint density at radius 2 is 1.88 bits per heavy atom. The fraction of sp³-hybridized carbons (Fsp3) is 0.300. The third kappa shape index (κ3) is 4.45. The molecule has 3 aromatic rings. The van der Waals surface area contributed by atoms with Crippen LogP contribution in [0, 0.1) is 6.92 Å². The summed E-state index contributed by atoms with van der Waals surface area (Å²) in [6.45, 7) is 5.47. The standard InChI is InChI=1S/C20H23N3O2/c1-15-8-7-11-18(14-15)24-13-12-23(3)16(2)19-21-22-20(25-19)17-9-5-4-6-10-17/h4-11,14,16H,12-13H2,1-3H3. The van der Waals surface area contributed by atoms with E-state index in [1.54, 1.807) is 0 Å². The van der Waals surface area contributed by atoms with E-state index in [9.17, 15) is 0 Å². The van der Waals surface area contributed by atoms with Gasteiger partial charge in [0, 0.05) is 12.1 Å². The fourth-order valence-corrected chi connectivity index (χ4v) is 2.50. The third-order valence-corrected chi connectivity index (χ3v) is 4.18. The fourth-order valence-electron chi connectivity index (χ4n) is 2.50. The van der Waals surface area contributed by atoms with Crippen molar-refractivity contribution in [1.29, 1.82) is 0 Å². The summed E-state index contributed by atoms with van der Waals surface area (Å²) < 4.78 is 11.6. The number of ether oxygens (including phenoxy) is 1. The molecule has 5 heteroatoms. The molecule has 25 heavy (non-hydrogen) atoms. The zero-order valence-electron chi connectivity index (χ0n) is 14.8. The van der Waals surface area contributed by atoms with Crippen molar-refractivity contribution < 1.29 is 9.15 Å². The molecule has 0 aliphatic heterocycles. The van der Waals surface area contributed by atoms with Crippen molar-refractivity contribution >= 4 is 0 Å². The summed E-state index contributed by atoms with van der Waals surface area (Å²) >= 11 is 0. The second-order valence-corrected chi connectivity index (χ2v) is 6.13. The van der Waals surface area contributed by atoms with Gasteiger partial charge in [0.15, 0.2) is 0 Å². The van der Waals surface area contributed by atoms with Crippen molar-refractivity contribution in [2.24, 2.45) is 0 Å². The van der Waals surface area contributed by atoms with Crippen LogP contribution in [0.3, 0.4) is 0 Å². The topological polar surface area (TPSA) is 51.4 Å². The van der Waals surface area contributed by atoms with Crippen LogP contribution in [0.25, 0.3) is 11.5 Å². The van der Waals surface area contributed by atoms with Crippen LogP contribution in [-0.2, 0) is 0 Å². The highest BCUT2D eigenvalue weighted by molar-refractivity contribution is 5.51. The van der Waals surface area contributed by atoms with E-state index in [0.29, 0.717) is 18.4 Å². The SMILES string of the molecule is Cc1cccc(OCCN(C)C(C)c2nnc(-c3ccccc3)o2)c1. The molecular formula is C20H23N3O2. The first-order chi connectivity index (χ1) is 12.1. The molecule has 2 aromatic carbocycles. The van der Waals surface area contributed by atoms with Crippen LogP contribution in [0.15, 0.2) is 59.0 Å². The minimum absolute atomic E-state index is 0.0195. The summed E-state index contributed by atoms with van der Waals surface area (Å²) in [5.74, 6) is 2.05. The van der Waals surface area contributed by atoms with Gasteiger partial charge < -0.3 is 9.15 Å². The van der Waals surface area contributed by atoms with Crippen LogP contribution >= 0.6 is 0 Å². The highest BCUT2D eigenvalue weighted by Gasteiger charge is 2.19. The average Bonchev–Trinajstić information content (AvgIpc) is 3.12. The van der Waals surface area contributed by atoms with E-state index < -0.39 is 0 Å². The van der Waals surface area contributed by atoms with Gasteiger partial charge in [0.2, 0.25) is 11.8 Å². The van der Waals surface area contributed by atoms with E-state index in [2.05, 4.69) is 35.0 Å². The van der Waals surface area contributed by atoms with Gasteiger partial charge in [-0.3, -0.25) is 4.90 Å². The van der Waals surface area contributed by atoms with E-state index >= 15 is 0 Å². The largest absolute Gasteiger partial charge is 0.492 e. The van der Waals surface area contributed by atoms with Crippen LogP contribution in [0.4, 0.5) is 0 Å². The van der Waals surface area contributed by atoms with Crippen LogP contribution in [0.5, 0.6) is 5.75 Å².